The van der Waals surface area contributed by atoms with Gasteiger partial charge in [0.1, 0.15) is 14.1 Å². The summed E-state index contributed by atoms with van der Waals surface area (Å²) in [5.41, 5.74) is 0.967. The van der Waals surface area contributed by atoms with Gasteiger partial charge in [0.25, 0.3) is 0 Å². The normalized spacial score (nSPS) is 11.4. The Kier molecular flexibility index (Phi) is 9.01. The fraction of sp³-hybridized carbons (Fsp3) is 0.182. The molecule has 0 aliphatic carbocycles. The van der Waals surface area contributed by atoms with Gasteiger partial charge in [-0.1, -0.05) is 57.8 Å². The Labute approximate surface area is 132 Å². The Bertz CT molecular complexity index is 496. The second-order valence-electron chi connectivity index (χ2n) is 3.55. The quantitative estimate of drug-likeness (QED) is 0.449. The molecule has 0 aliphatic rings. The molecule has 0 atom stereocenters. The molecule has 1 aromatic carbocycles. The molecular weight excluding hydrogens is 351 g/mol. The molecule has 0 heterocycles. The smallest absolute Gasteiger partial charge is 0.186 e. The molecule has 0 bridgehead atoms. The lowest BCUT2D eigenvalue weighted by molar-refractivity contribution is -0.458. The first-order chi connectivity index (χ1) is 8.59. The van der Waals surface area contributed by atoms with Crippen molar-refractivity contribution in [2.75, 3.05) is 14.1 Å². The van der Waals surface area contributed by atoms with Crippen LogP contribution in [0, 0.1) is 0 Å². The lowest BCUT2D eigenvalue weighted by Crippen LogP contribution is -1.95. The van der Waals surface area contributed by atoms with Crippen molar-refractivity contribution in [3.63, 3.8) is 0 Å². The van der Waals surface area contributed by atoms with Gasteiger partial charge in [0, 0.05) is 11.1 Å². The fourth-order valence-electron chi connectivity index (χ4n) is 0.920. The molecule has 3 nitrogen and oxygen atoms in total. The second-order valence-corrected chi connectivity index (χ2v) is 8.41. The SMILES string of the molecule is C[N+](C)=C/C=C(\Cl)c1ccc(Cl)cc1.O=P([O-])(Cl)Cl. The molecule has 106 valence electrons. The molecule has 1 rings (SSSR count). The van der Waals surface area contributed by atoms with E-state index < -0.39 is 6.07 Å². The largest absolute Gasteiger partial charge is 0.776 e. The summed E-state index contributed by atoms with van der Waals surface area (Å²) < 4.78 is 11.1. The van der Waals surface area contributed by atoms with Crippen LogP contribution in [0.2, 0.25) is 5.02 Å². The molecule has 0 aliphatic heterocycles. The number of benzene rings is 1. The van der Waals surface area contributed by atoms with Gasteiger partial charge in [-0.2, -0.15) is 0 Å². The summed E-state index contributed by atoms with van der Waals surface area (Å²) >= 11 is 20.4. The van der Waals surface area contributed by atoms with E-state index in [0.717, 1.165) is 10.6 Å². The lowest BCUT2D eigenvalue weighted by Gasteiger charge is -1.98. The molecule has 0 N–H and O–H groups in total. The van der Waals surface area contributed by atoms with Crippen molar-refractivity contribution < 1.29 is 14.0 Å². The van der Waals surface area contributed by atoms with Gasteiger partial charge >= 0.3 is 0 Å². The molecule has 0 aromatic heterocycles. The molecule has 0 radical (unpaired) electrons. The van der Waals surface area contributed by atoms with Crippen LogP contribution in [-0.4, -0.2) is 24.9 Å². The molecule has 8 heteroatoms. The Morgan fingerprint density at radius 1 is 1.26 bits per heavy atom. The van der Waals surface area contributed by atoms with Crippen LogP contribution >= 0.6 is 51.8 Å². The number of allylic oxidation sites excluding steroid dienone is 1. The molecule has 0 unspecified atom stereocenters. The highest BCUT2D eigenvalue weighted by Crippen LogP contribution is 2.46. The van der Waals surface area contributed by atoms with Gasteiger partial charge in [-0.25, -0.2) is 4.58 Å². The van der Waals surface area contributed by atoms with Crippen molar-refractivity contribution in [1.29, 1.82) is 0 Å². The van der Waals surface area contributed by atoms with Crippen molar-refractivity contribution in [3.8, 4) is 0 Å². The summed E-state index contributed by atoms with van der Waals surface area (Å²) in [6, 6.07) is 7.43. The van der Waals surface area contributed by atoms with E-state index in [1.807, 2.05) is 55.2 Å². The first kappa shape index (κ1) is 19.0. The molecular formula is C11H12Cl4NO2P. The average Bonchev–Trinajstić information content (AvgIpc) is 2.24. The lowest BCUT2D eigenvalue weighted by atomic mass is 10.2. The maximum Gasteiger partial charge on any atom is 0.186 e. The van der Waals surface area contributed by atoms with Gasteiger partial charge in [0.2, 0.25) is 0 Å². The first-order valence-electron chi connectivity index (χ1n) is 4.93. The predicted molar refractivity (Wildman–Crippen MR) is 82.8 cm³/mol. The Morgan fingerprint density at radius 3 is 2.05 bits per heavy atom. The van der Waals surface area contributed by atoms with E-state index in [9.17, 15) is 9.46 Å². The van der Waals surface area contributed by atoms with Crippen LogP contribution in [-0.2, 0) is 4.57 Å². The summed E-state index contributed by atoms with van der Waals surface area (Å²) in [5.74, 6) is 0. The van der Waals surface area contributed by atoms with E-state index in [2.05, 4.69) is 22.5 Å². The van der Waals surface area contributed by atoms with Gasteiger partial charge in [-0.05, 0) is 17.7 Å². The third kappa shape index (κ3) is 12.7. The molecule has 0 fully saturated rings. The second kappa shape index (κ2) is 9.02. The summed E-state index contributed by atoms with van der Waals surface area (Å²) in [7, 11) is 3.89. The fourth-order valence-corrected chi connectivity index (χ4v) is 1.23. The third-order valence-corrected chi connectivity index (χ3v) is 2.24. The zero-order valence-corrected chi connectivity index (χ0v) is 14.1. The van der Waals surface area contributed by atoms with E-state index >= 15 is 0 Å². The number of hydrogen-bond acceptors (Lipinski definition) is 2. The summed E-state index contributed by atoms with van der Waals surface area (Å²) in [6.07, 6.45) is -0.193. The Morgan fingerprint density at radius 2 is 1.68 bits per heavy atom. The molecule has 0 saturated carbocycles. The minimum absolute atomic E-state index is 0.704. The van der Waals surface area contributed by atoms with E-state index in [0.29, 0.717) is 5.03 Å². The summed E-state index contributed by atoms with van der Waals surface area (Å²) in [4.78, 5) is 9.19. The summed E-state index contributed by atoms with van der Waals surface area (Å²) in [6.45, 7) is 0. The van der Waals surface area contributed by atoms with E-state index in [1.165, 1.54) is 0 Å². The van der Waals surface area contributed by atoms with Gasteiger partial charge in [0.05, 0.1) is 5.03 Å². The zero-order chi connectivity index (χ0) is 15.1. The predicted octanol–water partition coefficient (Wildman–Crippen LogP) is 4.20. The molecule has 1 aromatic rings. The van der Waals surface area contributed by atoms with Gasteiger partial charge in [0.15, 0.2) is 12.3 Å². The summed E-state index contributed by atoms with van der Waals surface area (Å²) in [5, 5.41) is 1.42. The van der Waals surface area contributed by atoms with Crippen molar-refractivity contribution in [2.45, 2.75) is 0 Å². The van der Waals surface area contributed by atoms with Gasteiger partial charge in [-0.15, -0.1) is 0 Å². The van der Waals surface area contributed by atoms with Crippen LogP contribution < -0.4 is 4.89 Å². The van der Waals surface area contributed by atoms with Gasteiger partial charge < -0.3 is 9.46 Å². The average molecular weight is 363 g/mol. The van der Waals surface area contributed by atoms with Crippen molar-refractivity contribution in [1.82, 2.24) is 0 Å². The molecule has 0 amide bonds. The van der Waals surface area contributed by atoms with Crippen LogP contribution in [0.25, 0.3) is 5.03 Å². The van der Waals surface area contributed by atoms with E-state index in [-0.39, 0.29) is 0 Å². The number of nitrogens with zero attached hydrogens (tertiary/aromatic N) is 1. The van der Waals surface area contributed by atoms with Crippen molar-refractivity contribution in [3.05, 3.63) is 40.9 Å². The first-order valence-corrected chi connectivity index (χ1v) is 9.12. The van der Waals surface area contributed by atoms with Crippen molar-refractivity contribution >= 4 is 63.0 Å². The maximum absolute atomic E-state index is 9.19. The number of halogens is 4. The van der Waals surface area contributed by atoms with E-state index in [1.54, 1.807) is 0 Å². The topological polar surface area (TPSA) is 43.1 Å². The third-order valence-electron chi connectivity index (χ3n) is 1.64. The van der Waals surface area contributed by atoms with E-state index in [4.69, 9.17) is 23.2 Å². The Balaban J connectivity index is 0.000000555. The molecule has 19 heavy (non-hydrogen) atoms. The van der Waals surface area contributed by atoms with Gasteiger partial charge in [-0.3, -0.25) is 0 Å². The molecule has 0 saturated heterocycles. The van der Waals surface area contributed by atoms with Crippen LogP contribution in [0.1, 0.15) is 5.56 Å². The van der Waals surface area contributed by atoms with Crippen molar-refractivity contribution in [2.24, 2.45) is 0 Å². The number of rotatable bonds is 2. The highest BCUT2D eigenvalue weighted by Gasteiger charge is 1.97. The minimum Gasteiger partial charge on any atom is -0.776 e. The standard InChI is InChI=1S/C11H12Cl2N.Cl2HO2P/c1-14(2)8-7-11(13)9-3-5-10(12)6-4-9;1-5(2,3)4/h3-8H,1-2H3;(H,3,4)/q+1;/p-1/b11-7-;. The maximum atomic E-state index is 9.19. The molecule has 0 spiro atoms. The minimum atomic E-state index is -3.94. The van der Waals surface area contributed by atoms with Crippen LogP contribution in [0.15, 0.2) is 30.3 Å². The van der Waals surface area contributed by atoms with Crippen LogP contribution in [0.4, 0.5) is 0 Å². The highest BCUT2D eigenvalue weighted by molar-refractivity contribution is 8.03. The van der Waals surface area contributed by atoms with Crippen LogP contribution in [0.5, 0.6) is 0 Å². The monoisotopic (exact) mass is 361 g/mol. The Hall–Kier alpha value is -0.0200. The highest BCUT2D eigenvalue weighted by atomic mass is 35.9. The number of hydrogen-bond donors (Lipinski definition) is 0. The van der Waals surface area contributed by atoms with Crippen LogP contribution in [0.3, 0.4) is 0 Å². The zero-order valence-electron chi connectivity index (χ0n) is 10.2.